The highest BCUT2D eigenvalue weighted by Crippen LogP contribution is 2.25. The lowest BCUT2D eigenvalue weighted by Gasteiger charge is -1.82. The molecule has 1 aliphatic rings. The van der Waals surface area contributed by atoms with Crippen LogP contribution >= 0.6 is 7.82 Å². The highest BCUT2D eigenvalue weighted by molar-refractivity contribution is 7.45. The van der Waals surface area contributed by atoms with Crippen molar-refractivity contribution in [2.24, 2.45) is 0 Å². The molecule has 0 saturated carbocycles. The summed E-state index contributed by atoms with van der Waals surface area (Å²) in [6.07, 6.45) is 0. The molecule has 0 spiro atoms. The van der Waals surface area contributed by atoms with Gasteiger partial charge in [0, 0.05) is 13.1 Å². The minimum Gasteiger partial charge on any atom is -0.314 e. The SMILES string of the molecule is C1CN1.O=P(O)(O)O. The van der Waals surface area contributed by atoms with Gasteiger partial charge in [-0.2, -0.15) is 0 Å². The summed E-state index contributed by atoms with van der Waals surface area (Å²) in [5.41, 5.74) is 0. The highest BCUT2D eigenvalue weighted by Gasteiger charge is 2.00. The van der Waals surface area contributed by atoms with Gasteiger partial charge in [-0.3, -0.25) is 0 Å². The summed E-state index contributed by atoms with van der Waals surface area (Å²) in [4.78, 5) is 21.6. The van der Waals surface area contributed by atoms with Crippen LogP contribution in [0.3, 0.4) is 0 Å². The van der Waals surface area contributed by atoms with Crippen molar-refractivity contribution in [2.75, 3.05) is 13.1 Å². The summed E-state index contributed by atoms with van der Waals surface area (Å²) >= 11 is 0. The molecule has 0 atom stereocenters. The smallest absolute Gasteiger partial charge is 0.314 e. The molecule has 1 saturated heterocycles. The van der Waals surface area contributed by atoms with E-state index in [-0.39, 0.29) is 0 Å². The fraction of sp³-hybridized carbons (Fsp3) is 1.00. The average Bonchev–Trinajstić information content (AvgIpc) is 1.95. The first-order valence-corrected chi connectivity index (χ1v) is 3.55. The summed E-state index contributed by atoms with van der Waals surface area (Å²) in [5.74, 6) is 0. The molecule has 4 N–H and O–H groups in total. The van der Waals surface area contributed by atoms with E-state index in [0.717, 1.165) is 0 Å². The summed E-state index contributed by atoms with van der Waals surface area (Å²) in [6.45, 7) is 2.50. The summed E-state index contributed by atoms with van der Waals surface area (Å²) in [5, 5.41) is 3.00. The predicted molar refractivity (Wildman–Crippen MR) is 27.1 cm³/mol. The second-order valence-electron chi connectivity index (χ2n) is 1.26. The topological polar surface area (TPSA) is 99.7 Å². The fourth-order valence-electron chi connectivity index (χ4n) is 0. The Morgan fingerprint density at radius 3 is 1.38 bits per heavy atom. The minimum atomic E-state index is -4.64. The molecule has 0 aromatic carbocycles. The van der Waals surface area contributed by atoms with Crippen LogP contribution in [0.15, 0.2) is 0 Å². The van der Waals surface area contributed by atoms with E-state index in [0.29, 0.717) is 0 Å². The Morgan fingerprint density at radius 1 is 1.25 bits per heavy atom. The van der Waals surface area contributed by atoms with Gasteiger partial charge in [-0.25, -0.2) is 4.57 Å². The van der Waals surface area contributed by atoms with Crippen molar-refractivity contribution >= 4 is 7.82 Å². The molecule has 0 aromatic heterocycles. The molecule has 8 heavy (non-hydrogen) atoms. The number of phosphoric acid groups is 1. The van der Waals surface area contributed by atoms with E-state index >= 15 is 0 Å². The van der Waals surface area contributed by atoms with Gasteiger partial charge < -0.3 is 20.0 Å². The van der Waals surface area contributed by atoms with Crippen molar-refractivity contribution in [3.05, 3.63) is 0 Å². The molecule has 0 aliphatic carbocycles. The summed E-state index contributed by atoms with van der Waals surface area (Å²) < 4.78 is 8.88. The third-order valence-electron chi connectivity index (χ3n) is 0.250. The maximum absolute atomic E-state index is 8.88. The number of nitrogens with one attached hydrogen (secondary N) is 1. The van der Waals surface area contributed by atoms with Crippen LogP contribution in [0.4, 0.5) is 0 Å². The zero-order chi connectivity index (χ0) is 6.62. The number of hydrogen-bond donors (Lipinski definition) is 4. The largest absolute Gasteiger partial charge is 0.466 e. The molecule has 0 amide bonds. The zero-order valence-corrected chi connectivity index (χ0v) is 5.01. The highest BCUT2D eigenvalue weighted by atomic mass is 31.2. The van der Waals surface area contributed by atoms with Crippen LogP contribution in [0, 0.1) is 0 Å². The van der Waals surface area contributed by atoms with E-state index in [9.17, 15) is 0 Å². The molecule has 1 rings (SSSR count). The Morgan fingerprint density at radius 2 is 1.38 bits per heavy atom. The van der Waals surface area contributed by atoms with Gasteiger partial charge in [-0.15, -0.1) is 0 Å². The van der Waals surface area contributed by atoms with Crippen LogP contribution in [0.5, 0.6) is 0 Å². The van der Waals surface area contributed by atoms with Gasteiger partial charge in [0.1, 0.15) is 0 Å². The van der Waals surface area contributed by atoms with Crippen LogP contribution < -0.4 is 5.32 Å². The van der Waals surface area contributed by atoms with Crippen molar-refractivity contribution < 1.29 is 19.2 Å². The molecule has 50 valence electrons. The molecule has 0 unspecified atom stereocenters. The zero-order valence-electron chi connectivity index (χ0n) is 4.11. The third-order valence-corrected chi connectivity index (χ3v) is 0.250. The van der Waals surface area contributed by atoms with E-state index < -0.39 is 7.82 Å². The lowest BCUT2D eigenvalue weighted by atomic mass is 11.0. The standard InChI is InChI=1S/C2H5N.H3O4P/c1-2-3-1;1-5(2,3)4/h3H,1-2H2;(H3,1,2,3,4). The van der Waals surface area contributed by atoms with Gasteiger partial charge in [0.2, 0.25) is 0 Å². The molecule has 1 heterocycles. The molecule has 1 fully saturated rings. The van der Waals surface area contributed by atoms with E-state index in [4.69, 9.17) is 19.2 Å². The van der Waals surface area contributed by atoms with Gasteiger partial charge in [0.25, 0.3) is 0 Å². The maximum atomic E-state index is 8.88. The lowest BCUT2D eigenvalue weighted by molar-refractivity contribution is 0.275. The van der Waals surface area contributed by atoms with Gasteiger partial charge in [0.05, 0.1) is 0 Å². The first-order valence-electron chi connectivity index (χ1n) is 1.99. The normalized spacial score (nSPS) is 16.4. The first kappa shape index (κ1) is 8.07. The van der Waals surface area contributed by atoms with Gasteiger partial charge in [-0.1, -0.05) is 0 Å². The molecule has 0 radical (unpaired) electrons. The van der Waals surface area contributed by atoms with Crippen LogP contribution in [-0.2, 0) is 4.57 Å². The van der Waals surface area contributed by atoms with Gasteiger partial charge in [-0.05, 0) is 0 Å². The molecule has 6 heteroatoms. The first-order chi connectivity index (χ1) is 3.50. The fourth-order valence-corrected chi connectivity index (χ4v) is 0. The predicted octanol–water partition coefficient (Wildman–Crippen LogP) is -1.34. The van der Waals surface area contributed by atoms with Crippen molar-refractivity contribution in [1.29, 1.82) is 0 Å². The minimum absolute atomic E-state index is 1.25. The Hall–Kier alpha value is 0.0700. The summed E-state index contributed by atoms with van der Waals surface area (Å²) in [6, 6.07) is 0. The van der Waals surface area contributed by atoms with Gasteiger partial charge >= 0.3 is 7.82 Å². The van der Waals surface area contributed by atoms with Crippen LogP contribution in [0.2, 0.25) is 0 Å². The van der Waals surface area contributed by atoms with E-state index in [1.807, 2.05) is 0 Å². The van der Waals surface area contributed by atoms with Crippen molar-refractivity contribution in [1.82, 2.24) is 5.32 Å². The Kier molecular flexibility index (Phi) is 3.19. The Bertz CT molecular complexity index is 85.2. The Labute approximate surface area is 46.6 Å². The second kappa shape index (κ2) is 3.17. The number of hydrogen-bond acceptors (Lipinski definition) is 2. The molecular formula is C2H8NO4P. The van der Waals surface area contributed by atoms with E-state index in [1.165, 1.54) is 13.1 Å². The van der Waals surface area contributed by atoms with Crippen molar-refractivity contribution in [3.8, 4) is 0 Å². The van der Waals surface area contributed by atoms with Crippen LogP contribution in [0.1, 0.15) is 0 Å². The third kappa shape index (κ3) is 136. The molecule has 5 nitrogen and oxygen atoms in total. The lowest BCUT2D eigenvalue weighted by Crippen LogP contribution is -1.66. The van der Waals surface area contributed by atoms with Gasteiger partial charge in [0.15, 0.2) is 0 Å². The quantitative estimate of drug-likeness (QED) is 0.247. The van der Waals surface area contributed by atoms with Crippen molar-refractivity contribution in [2.45, 2.75) is 0 Å². The number of rotatable bonds is 0. The molecule has 1 aliphatic heterocycles. The average molecular weight is 141 g/mol. The van der Waals surface area contributed by atoms with Crippen LogP contribution in [0.25, 0.3) is 0 Å². The Balaban J connectivity index is 0.000000135. The molecular weight excluding hydrogens is 133 g/mol. The second-order valence-corrected chi connectivity index (χ2v) is 2.29. The van der Waals surface area contributed by atoms with E-state index in [2.05, 4.69) is 5.32 Å². The molecule has 0 aromatic rings. The van der Waals surface area contributed by atoms with E-state index in [1.54, 1.807) is 0 Å². The van der Waals surface area contributed by atoms with Crippen LogP contribution in [-0.4, -0.2) is 27.8 Å². The van der Waals surface area contributed by atoms with Crippen molar-refractivity contribution in [3.63, 3.8) is 0 Å². The monoisotopic (exact) mass is 141 g/mol. The maximum Gasteiger partial charge on any atom is 0.466 e. The summed E-state index contributed by atoms with van der Waals surface area (Å²) in [7, 11) is -4.64. The molecule has 0 bridgehead atoms.